The van der Waals surface area contributed by atoms with E-state index in [1.54, 1.807) is 12.1 Å². The quantitative estimate of drug-likeness (QED) is 0.596. The topological polar surface area (TPSA) is 43.4 Å². The van der Waals surface area contributed by atoms with E-state index in [-0.39, 0.29) is 24.6 Å². The molecule has 0 aliphatic carbocycles. The van der Waals surface area contributed by atoms with E-state index in [1.165, 1.54) is 0 Å². The average Bonchev–Trinajstić information content (AvgIpc) is 2.25. The maximum absolute atomic E-state index is 11.7. The molecule has 0 N–H and O–H groups in total. The molecule has 0 heterocycles. The van der Waals surface area contributed by atoms with Gasteiger partial charge in [0.15, 0.2) is 5.78 Å². The van der Waals surface area contributed by atoms with Crippen molar-refractivity contribution in [3.63, 3.8) is 0 Å². The van der Waals surface area contributed by atoms with Crippen molar-refractivity contribution in [2.24, 2.45) is 0 Å². The Labute approximate surface area is 103 Å². The van der Waals surface area contributed by atoms with Gasteiger partial charge in [-0.3, -0.25) is 9.59 Å². The van der Waals surface area contributed by atoms with Gasteiger partial charge in [-0.2, -0.15) is 0 Å². The zero-order valence-corrected chi connectivity index (χ0v) is 11.5. The molecule has 0 spiro atoms. The second-order valence-electron chi connectivity index (χ2n) is 4.88. The lowest BCUT2D eigenvalue weighted by atomic mass is 10.1. The van der Waals surface area contributed by atoms with E-state index < -0.39 is 8.32 Å². The molecule has 0 amide bonds. The van der Waals surface area contributed by atoms with Gasteiger partial charge in [-0.05, 0) is 19.6 Å². The van der Waals surface area contributed by atoms with Gasteiger partial charge in [-0.15, -0.1) is 0 Å². The Morgan fingerprint density at radius 2 is 1.65 bits per heavy atom. The number of rotatable bonds is 5. The van der Waals surface area contributed by atoms with Crippen molar-refractivity contribution in [1.82, 2.24) is 0 Å². The fourth-order valence-corrected chi connectivity index (χ4v) is 2.16. The Hall–Kier alpha value is -1.42. The molecule has 17 heavy (non-hydrogen) atoms. The van der Waals surface area contributed by atoms with Crippen molar-refractivity contribution in [2.75, 3.05) is 0 Å². The molecule has 0 unspecified atom stereocenters. The smallest absolute Gasteiger partial charge is 0.292 e. The first-order valence-electron chi connectivity index (χ1n) is 5.68. The van der Waals surface area contributed by atoms with E-state index in [1.807, 2.05) is 37.8 Å². The summed E-state index contributed by atoms with van der Waals surface area (Å²) in [5.41, 5.74) is 0.647. The van der Waals surface area contributed by atoms with Crippen LogP contribution in [0.15, 0.2) is 30.3 Å². The van der Waals surface area contributed by atoms with Gasteiger partial charge in [0, 0.05) is 12.0 Å². The molecule has 1 aromatic carbocycles. The third-order valence-electron chi connectivity index (χ3n) is 2.07. The third kappa shape index (κ3) is 5.45. The fourth-order valence-electron chi connectivity index (χ4n) is 1.38. The minimum absolute atomic E-state index is 0.0156. The summed E-state index contributed by atoms with van der Waals surface area (Å²) in [4.78, 5) is 23.2. The average molecular weight is 250 g/mol. The van der Waals surface area contributed by atoms with E-state index in [0.29, 0.717) is 5.56 Å². The monoisotopic (exact) mass is 250 g/mol. The number of benzene rings is 1. The van der Waals surface area contributed by atoms with E-state index in [4.69, 9.17) is 4.43 Å². The standard InChI is InChI=1S/C13H18O3Si/c1-17(2,3)16-13(15)10-9-12(14)11-7-5-4-6-8-11/h4-8H,9-10H2,1-3H3. The summed E-state index contributed by atoms with van der Waals surface area (Å²) >= 11 is 0. The Bertz CT molecular complexity index is 393. The van der Waals surface area contributed by atoms with Crippen LogP contribution in [0.5, 0.6) is 0 Å². The van der Waals surface area contributed by atoms with E-state index in [0.717, 1.165) is 0 Å². The van der Waals surface area contributed by atoms with Crippen molar-refractivity contribution in [1.29, 1.82) is 0 Å². The second-order valence-corrected chi connectivity index (χ2v) is 9.30. The predicted octanol–water partition coefficient (Wildman–Crippen LogP) is 3.03. The van der Waals surface area contributed by atoms with Gasteiger partial charge in [0.2, 0.25) is 8.32 Å². The minimum atomic E-state index is -1.83. The van der Waals surface area contributed by atoms with Crippen LogP contribution in [0.3, 0.4) is 0 Å². The Morgan fingerprint density at radius 1 is 1.06 bits per heavy atom. The molecule has 0 fully saturated rings. The van der Waals surface area contributed by atoms with Gasteiger partial charge in [0.05, 0.1) is 6.42 Å². The zero-order chi connectivity index (χ0) is 12.9. The van der Waals surface area contributed by atoms with Crippen molar-refractivity contribution in [3.8, 4) is 0 Å². The van der Waals surface area contributed by atoms with E-state index in [9.17, 15) is 9.59 Å². The number of hydrogen-bond acceptors (Lipinski definition) is 3. The highest BCUT2D eigenvalue weighted by molar-refractivity contribution is 6.71. The molecule has 0 aliphatic heterocycles. The Morgan fingerprint density at radius 3 is 2.18 bits per heavy atom. The van der Waals surface area contributed by atoms with Crippen molar-refractivity contribution < 1.29 is 14.0 Å². The first-order valence-corrected chi connectivity index (χ1v) is 9.09. The summed E-state index contributed by atoms with van der Waals surface area (Å²) in [6.45, 7) is 5.84. The molecular weight excluding hydrogens is 232 g/mol. The van der Waals surface area contributed by atoms with Crippen molar-refractivity contribution in [2.45, 2.75) is 32.5 Å². The van der Waals surface area contributed by atoms with E-state index >= 15 is 0 Å². The molecule has 0 aliphatic rings. The van der Waals surface area contributed by atoms with Crippen LogP contribution >= 0.6 is 0 Å². The molecule has 0 aromatic heterocycles. The maximum atomic E-state index is 11.7. The van der Waals surface area contributed by atoms with Gasteiger partial charge in [-0.25, -0.2) is 0 Å². The van der Waals surface area contributed by atoms with E-state index in [2.05, 4.69) is 0 Å². The van der Waals surface area contributed by atoms with Gasteiger partial charge in [0.1, 0.15) is 0 Å². The first kappa shape index (κ1) is 13.6. The van der Waals surface area contributed by atoms with Crippen LogP contribution in [-0.2, 0) is 9.22 Å². The van der Waals surface area contributed by atoms with Crippen molar-refractivity contribution in [3.05, 3.63) is 35.9 Å². The van der Waals surface area contributed by atoms with Crippen LogP contribution < -0.4 is 0 Å². The fraction of sp³-hybridized carbons (Fsp3) is 0.385. The van der Waals surface area contributed by atoms with Crippen LogP contribution in [0.4, 0.5) is 0 Å². The summed E-state index contributed by atoms with van der Waals surface area (Å²) < 4.78 is 5.27. The summed E-state index contributed by atoms with van der Waals surface area (Å²) in [6, 6.07) is 9.00. The molecule has 4 heteroatoms. The number of carbonyl (C=O) groups excluding carboxylic acids is 2. The Kier molecular flexibility index (Phi) is 4.63. The van der Waals surface area contributed by atoms with Gasteiger partial charge in [0.25, 0.3) is 5.97 Å². The molecule has 1 aromatic rings. The SMILES string of the molecule is C[Si](C)(C)OC(=O)CCC(=O)c1ccccc1. The summed E-state index contributed by atoms with van der Waals surface area (Å²) in [5.74, 6) is -0.286. The molecule has 3 nitrogen and oxygen atoms in total. The maximum Gasteiger partial charge on any atom is 0.292 e. The van der Waals surface area contributed by atoms with Crippen LogP contribution in [0.2, 0.25) is 19.6 Å². The highest BCUT2D eigenvalue weighted by Crippen LogP contribution is 2.09. The number of hydrogen-bond donors (Lipinski definition) is 0. The lowest BCUT2D eigenvalue weighted by molar-refractivity contribution is -0.135. The van der Waals surface area contributed by atoms with Gasteiger partial charge < -0.3 is 4.43 Å². The third-order valence-corrected chi connectivity index (χ3v) is 2.91. The van der Waals surface area contributed by atoms with Crippen molar-refractivity contribution >= 4 is 20.1 Å². The second kappa shape index (κ2) is 5.77. The van der Waals surface area contributed by atoms with Crippen LogP contribution in [0, 0.1) is 0 Å². The molecule has 0 saturated heterocycles. The molecule has 1 rings (SSSR count). The van der Waals surface area contributed by atoms with Gasteiger partial charge >= 0.3 is 0 Å². The minimum Gasteiger partial charge on any atom is -0.520 e. The molecular formula is C13H18O3Si. The number of ketones is 1. The summed E-state index contributed by atoms with van der Waals surface area (Å²) in [7, 11) is -1.83. The predicted molar refractivity (Wildman–Crippen MR) is 69.4 cm³/mol. The number of Topliss-reactive ketones (excluding diaryl/α,β-unsaturated/α-hetero) is 1. The molecule has 0 bridgehead atoms. The van der Waals surface area contributed by atoms with Crippen LogP contribution in [0.25, 0.3) is 0 Å². The molecule has 0 atom stereocenters. The lowest BCUT2D eigenvalue weighted by Gasteiger charge is -2.16. The van der Waals surface area contributed by atoms with Crippen LogP contribution in [0.1, 0.15) is 23.2 Å². The lowest BCUT2D eigenvalue weighted by Crippen LogP contribution is -2.29. The summed E-state index contributed by atoms with van der Waals surface area (Å²) in [6.07, 6.45) is 0.380. The molecule has 0 radical (unpaired) electrons. The highest BCUT2D eigenvalue weighted by atomic mass is 28.4. The summed E-state index contributed by atoms with van der Waals surface area (Å²) in [5, 5.41) is 0. The van der Waals surface area contributed by atoms with Crippen LogP contribution in [-0.4, -0.2) is 20.1 Å². The normalized spacial score (nSPS) is 11.0. The zero-order valence-electron chi connectivity index (χ0n) is 10.5. The Balaban J connectivity index is 2.42. The van der Waals surface area contributed by atoms with Gasteiger partial charge in [-0.1, -0.05) is 30.3 Å². The molecule has 92 valence electrons. The molecule has 0 saturated carbocycles. The number of carbonyl (C=O) groups is 2. The first-order chi connectivity index (χ1) is 7.88. The largest absolute Gasteiger partial charge is 0.520 e. The highest BCUT2D eigenvalue weighted by Gasteiger charge is 2.20.